The zero-order chi connectivity index (χ0) is 13.3. The van der Waals surface area contributed by atoms with Gasteiger partial charge in [0.25, 0.3) is 0 Å². The number of nitrogens with zero attached hydrogens (tertiary/aromatic N) is 2. The molecule has 1 heterocycles. The summed E-state index contributed by atoms with van der Waals surface area (Å²) in [6.45, 7) is 3.59. The first-order valence-electron chi connectivity index (χ1n) is 5.27. The summed E-state index contributed by atoms with van der Waals surface area (Å²) in [5, 5.41) is 11.5. The number of hydrogen-bond acceptors (Lipinski definition) is 3. The van der Waals surface area contributed by atoms with Crippen molar-refractivity contribution < 1.29 is 4.39 Å². The van der Waals surface area contributed by atoms with Crippen molar-refractivity contribution >= 4 is 27.3 Å². The summed E-state index contributed by atoms with van der Waals surface area (Å²) >= 11 is 4.66. The second-order valence-electron chi connectivity index (χ2n) is 4.40. The van der Waals surface area contributed by atoms with E-state index in [1.165, 1.54) is 17.4 Å². The van der Waals surface area contributed by atoms with Gasteiger partial charge >= 0.3 is 0 Å². The second-order valence-corrected chi connectivity index (χ2v) is 6.17. The van der Waals surface area contributed by atoms with E-state index in [4.69, 9.17) is 5.26 Å². The van der Waals surface area contributed by atoms with E-state index in [1.807, 2.05) is 0 Å². The SMILES string of the molecule is CC(C)(C#N)c1csc(-c2cc(Br)ccc2F)n1. The summed E-state index contributed by atoms with van der Waals surface area (Å²) < 4.78 is 14.5. The summed E-state index contributed by atoms with van der Waals surface area (Å²) in [7, 11) is 0. The van der Waals surface area contributed by atoms with Gasteiger partial charge in [0.15, 0.2) is 0 Å². The van der Waals surface area contributed by atoms with Gasteiger partial charge in [-0.1, -0.05) is 15.9 Å². The van der Waals surface area contributed by atoms with Crippen molar-refractivity contribution in [1.29, 1.82) is 5.26 Å². The minimum Gasteiger partial charge on any atom is -0.239 e. The van der Waals surface area contributed by atoms with Crippen LogP contribution in [0.4, 0.5) is 4.39 Å². The van der Waals surface area contributed by atoms with E-state index in [0.29, 0.717) is 16.3 Å². The van der Waals surface area contributed by atoms with Crippen LogP contribution in [-0.4, -0.2) is 4.98 Å². The zero-order valence-corrected chi connectivity index (χ0v) is 12.3. The third-order valence-electron chi connectivity index (χ3n) is 2.58. The van der Waals surface area contributed by atoms with Crippen LogP contribution in [0.3, 0.4) is 0 Å². The number of hydrogen-bond donors (Lipinski definition) is 0. The van der Waals surface area contributed by atoms with Gasteiger partial charge in [0.2, 0.25) is 0 Å². The van der Waals surface area contributed by atoms with Gasteiger partial charge in [-0.3, -0.25) is 0 Å². The molecule has 0 unspecified atom stereocenters. The van der Waals surface area contributed by atoms with Gasteiger partial charge in [-0.15, -0.1) is 11.3 Å². The van der Waals surface area contributed by atoms with Crippen LogP contribution in [0.2, 0.25) is 0 Å². The van der Waals surface area contributed by atoms with E-state index in [1.54, 1.807) is 31.4 Å². The zero-order valence-electron chi connectivity index (χ0n) is 9.87. The minimum absolute atomic E-state index is 0.311. The summed E-state index contributed by atoms with van der Waals surface area (Å²) in [5.74, 6) is -0.311. The van der Waals surface area contributed by atoms with Crippen molar-refractivity contribution in [1.82, 2.24) is 4.98 Å². The molecule has 0 atom stereocenters. The predicted molar refractivity (Wildman–Crippen MR) is 73.8 cm³/mol. The Morgan fingerprint density at radius 2 is 2.17 bits per heavy atom. The third kappa shape index (κ3) is 2.45. The molecule has 2 nitrogen and oxygen atoms in total. The molecule has 1 aromatic carbocycles. The molecule has 2 rings (SSSR count). The third-order valence-corrected chi connectivity index (χ3v) is 3.95. The maximum Gasteiger partial charge on any atom is 0.133 e. The normalized spacial score (nSPS) is 11.3. The second kappa shape index (κ2) is 4.79. The number of aromatic nitrogens is 1. The van der Waals surface area contributed by atoms with Crippen molar-refractivity contribution in [2.24, 2.45) is 0 Å². The first-order chi connectivity index (χ1) is 8.44. The van der Waals surface area contributed by atoms with Crippen LogP contribution in [0.25, 0.3) is 10.6 Å². The van der Waals surface area contributed by atoms with Gasteiger partial charge in [0, 0.05) is 15.4 Å². The predicted octanol–water partition coefficient (Wildman–Crippen LogP) is 4.51. The van der Waals surface area contributed by atoms with Crippen LogP contribution < -0.4 is 0 Å². The highest BCUT2D eigenvalue weighted by atomic mass is 79.9. The summed E-state index contributed by atoms with van der Waals surface area (Å²) in [5.41, 5.74) is 0.468. The topological polar surface area (TPSA) is 36.7 Å². The van der Waals surface area contributed by atoms with Gasteiger partial charge in [-0.05, 0) is 32.0 Å². The highest BCUT2D eigenvalue weighted by molar-refractivity contribution is 9.10. The highest BCUT2D eigenvalue weighted by Crippen LogP contribution is 2.32. The van der Waals surface area contributed by atoms with Gasteiger partial charge in [0.05, 0.1) is 17.2 Å². The van der Waals surface area contributed by atoms with E-state index < -0.39 is 5.41 Å². The number of halogens is 2. The standard InChI is InChI=1S/C13H10BrFN2S/c1-13(2,7-16)11-6-18-12(17-11)9-5-8(14)3-4-10(9)15/h3-6H,1-2H3. The molecule has 0 aliphatic heterocycles. The molecule has 0 aliphatic rings. The van der Waals surface area contributed by atoms with Crippen molar-refractivity contribution in [3.63, 3.8) is 0 Å². The van der Waals surface area contributed by atoms with Crippen LogP contribution in [0.15, 0.2) is 28.1 Å². The fourth-order valence-electron chi connectivity index (χ4n) is 1.40. The lowest BCUT2D eigenvalue weighted by Crippen LogP contribution is -2.14. The van der Waals surface area contributed by atoms with E-state index in [0.717, 1.165) is 4.47 Å². The lowest BCUT2D eigenvalue weighted by molar-refractivity contribution is 0.630. The lowest BCUT2D eigenvalue weighted by atomic mass is 9.92. The largest absolute Gasteiger partial charge is 0.239 e. The molecule has 0 aliphatic carbocycles. The first-order valence-corrected chi connectivity index (χ1v) is 6.94. The maximum absolute atomic E-state index is 13.7. The van der Waals surface area contributed by atoms with Gasteiger partial charge in [-0.2, -0.15) is 5.26 Å². The summed E-state index contributed by atoms with van der Waals surface area (Å²) in [6, 6.07) is 6.93. The van der Waals surface area contributed by atoms with Crippen molar-refractivity contribution in [3.8, 4) is 16.6 Å². The Hall–Kier alpha value is -1.25. The Labute approximate surface area is 117 Å². The molecular weight excluding hydrogens is 315 g/mol. The number of thiazole rings is 1. The molecule has 0 fully saturated rings. The highest BCUT2D eigenvalue weighted by Gasteiger charge is 2.24. The number of benzene rings is 1. The smallest absolute Gasteiger partial charge is 0.133 e. The molecule has 0 bridgehead atoms. The summed E-state index contributed by atoms with van der Waals surface area (Å²) in [6.07, 6.45) is 0. The Morgan fingerprint density at radius 3 is 2.83 bits per heavy atom. The van der Waals surface area contributed by atoms with Crippen molar-refractivity contribution in [3.05, 3.63) is 39.6 Å². The lowest BCUT2D eigenvalue weighted by Gasteiger charge is -2.10. The summed E-state index contributed by atoms with van der Waals surface area (Å²) in [4.78, 5) is 4.36. The first kappa shape index (κ1) is 13.2. The van der Waals surface area contributed by atoms with Gasteiger partial charge in [0.1, 0.15) is 10.8 Å². The molecule has 1 aromatic heterocycles. The molecular formula is C13H10BrFN2S. The van der Waals surface area contributed by atoms with Crippen LogP contribution >= 0.6 is 27.3 Å². The molecule has 0 spiro atoms. The Morgan fingerprint density at radius 1 is 1.44 bits per heavy atom. The quantitative estimate of drug-likeness (QED) is 0.814. The molecule has 0 saturated carbocycles. The Kier molecular flexibility index (Phi) is 3.51. The molecule has 92 valence electrons. The van der Waals surface area contributed by atoms with Gasteiger partial charge in [-0.25, -0.2) is 9.37 Å². The monoisotopic (exact) mass is 324 g/mol. The Bertz CT molecular complexity index is 628. The van der Waals surface area contributed by atoms with Crippen LogP contribution in [0, 0.1) is 17.1 Å². The molecule has 0 saturated heterocycles. The Balaban J connectivity index is 2.48. The number of nitriles is 1. The minimum atomic E-state index is -0.656. The van der Waals surface area contributed by atoms with E-state index in [2.05, 4.69) is 27.0 Å². The average Bonchev–Trinajstić information content (AvgIpc) is 2.82. The van der Waals surface area contributed by atoms with Crippen molar-refractivity contribution in [2.45, 2.75) is 19.3 Å². The van der Waals surface area contributed by atoms with E-state index in [-0.39, 0.29) is 5.82 Å². The fraction of sp³-hybridized carbons (Fsp3) is 0.231. The van der Waals surface area contributed by atoms with E-state index in [9.17, 15) is 4.39 Å². The molecule has 2 aromatic rings. The van der Waals surface area contributed by atoms with Crippen LogP contribution in [-0.2, 0) is 5.41 Å². The molecule has 5 heteroatoms. The molecule has 0 amide bonds. The van der Waals surface area contributed by atoms with E-state index >= 15 is 0 Å². The fourth-order valence-corrected chi connectivity index (χ4v) is 2.77. The maximum atomic E-state index is 13.7. The van der Waals surface area contributed by atoms with Gasteiger partial charge < -0.3 is 0 Å². The molecule has 0 N–H and O–H groups in total. The van der Waals surface area contributed by atoms with Crippen LogP contribution in [0.5, 0.6) is 0 Å². The van der Waals surface area contributed by atoms with Crippen molar-refractivity contribution in [2.75, 3.05) is 0 Å². The average molecular weight is 325 g/mol. The molecule has 0 radical (unpaired) electrons. The molecule has 18 heavy (non-hydrogen) atoms. The van der Waals surface area contributed by atoms with Crippen LogP contribution in [0.1, 0.15) is 19.5 Å². The number of rotatable bonds is 2.